The van der Waals surface area contributed by atoms with Crippen molar-refractivity contribution < 1.29 is 4.79 Å². The summed E-state index contributed by atoms with van der Waals surface area (Å²) < 4.78 is 1.83. The van der Waals surface area contributed by atoms with Crippen molar-refractivity contribution >= 4 is 39.7 Å². The van der Waals surface area contributed by atoms with Crippen molar-refractivity contribution in [3.63, 3.8) is 0 Å². The van der Waals surface area contributed by atoms with Gasteiger partial charge >= 0.3 is 0 Å². The van der Waals surface area contributed by atoms with Crippen LogP contribution in [0.15, 0.2) is 4.79 Å². The molecular formula is C13H17N3O2S2. The number of thiophene rings is 1. The summed E-state index contributed by atoms with van der Waals surface area (Å²) in [5, 5.41) is 3.39. The van der Waals surface area contributed by atoms with E-state index in [1.807, 2.05) is 20.8 Å². The standard InChI is InChI=1S/C13H17N3O2S2/c1-4-14-9(17)5-6-16-12(18)10-7(2)8(3)20-11(10)15-13(16)19/h4-6H2,1-3H3,(H,14,17)(H,15,19). The topological polar surface area (TPSA) is 66.9 Å². The summed E-state index contributed by atoms with van der Waals surface area (Å²) in [6.45, 7) is 6.66. The molecule has 2 heterocycles. The Labute approximate surface area is 125 Å². The number of aryl methyl sites for hydroxylation is 2. The fraction of sp³-hybridized carbons (Fsp3) is 0.462. The van der Waals surface area contributed by atoms with Crippen LogP contribution in [0.3, 0.4) is 0 Å². The van der Waals surface area contributed by atoms with Crippen LogP contribution in [0, 0.1) is 18.6 Å². The van der Waals surface area contributed by atoms with Crippen LogP contribution in [0.5, 0.6) is 0 Å². The summed E-state index contributed by atoms with van der Waals surface area (Å²) in [5.74, 6) is -0.0767. The molecule has 7 heteroatoms. The van der Waals surface area contributed by atoms with Gasteiger partial charge < -0.3 is 10.3 Å². The van der Waals surface area contributed by atoms with Crippen LogP contribution in [0.1, 0.15) is 23.8 Å². The maximum absolute atomic E-state index is 12.5. The van der Waals surface area contributed by atoms with Crippen LogP contribution in [-0.2, 0) is 11.3 Å². The Morgan fingerprint density at radius 1 is 1.45 bits per heavy atom. The second-order valence-corrected chi connectivity index (χ2v) is 6.19. The highest BCUT2D eigenvalue weighted by Gasteiger charge is 2.13. The molecule has 0 radical (unpaired) electrons. The van der Waals surface area contributed by atoms with E-state index in [-0.39, 0.29) is 17.9 Å². The minimum atomic E-state index is -0.116. The van der Waals surface area contributed by atoms with Crippen LogP contribution in [-0.4, -0.2) is 22.0 Å². The molecule has 0 saturated heterocycles. The third-order valence-electron chi connectivity index (χ3n) is 3.25. The fourth-order valence-electron chi connectivity index (χ4n) is 2.07. The van der Waals surface area contributed by atoms with Gasteiger partial charge in [-0.1, -0.05) is 0 Å². The van der Waals surface area contributed by atoms with Gasteiger partial charge in [0, 0.05) is 24.4 Å². The Morgan fingerprint density at radius 2 is 2.15 bits per heavy atom. The molecular weight excluding hydrogens is 294 g/mol. The zero-order chi connectivity index (χ0) is 14.9. The van der Waals surface area contributed by atoms with Gasteiger partial charge in [0.1, 0.15) is 4.83 Å². The second-order valence-electron chi connectivity index (χ2n) is 4.58. The molecule has 0 spiro atoms. The lowest BCUT2D eigenvalue weighted by Gasteiger charge is -2.06. The molecule has 108 valence electrons. The average molecular weight is 311 g/mol. The summed E-state index contributed by atoms with van der Waals surface area (Å²) in [5.41, 5.74) is 0.864. The third-order valence-corrected chi connectivity index (χ3v) is 4.69. The highest BCUT2D eigenvalue weighted by Crippen LogP contribution is 2.25. The molecule has 0 unspecified atom stereocenters. The molecule has 0 aliphatic rings. The van der Waals surface area contributed by atoms with Crippen molar-refractivity contribution in [3.8, 4) is 0 Å². The molecule has 0 bridgehead atoms. The summed E-state index contributed by atoms with van der Waals surface area (Å²) in [7, 11) is 0. The van der Waals surface area contributed by atoms with Gasteiger partial charge in [0.05, 0.1) is 5.39 Å². The van der Waals surface area contributed by atoms with E-state index < -0.39 is 0 Å². The number of rotatable bonds is 4. The fourth-order valence-corrected chi connectivity index (χ4v) is 3.46. The number of hydrogen-bond acceptors (Lipinski definition) is 4. The predicted octanol–water partition coefficient (Wildman–Crippen LogP) is 2.26. The number of carbonyl (C=O) groups is 1. The number of H-pyrrole nitrogens is 1. The van der Waals surface area contributed by atoms with Crippen molar-refractivity contribution in [2.45, 2.75) is 33.7 Å². The van der Waals surface area contributed by atoms with Crippen molar-refractivity contribution in [3.05, 3.63) is 25.6 Å². The van der Waals surface area contributed by atoms with Gasteiger partial charge in [0.2, 0.25) is 5.91 Å². The highest BCUT2D eigenvalue weighted by molar-refractivity contribution is 7.71. The van der Waals surface area contributed by atoms with E-state index in [0.717, 1.165) is 15.3 Å². The number of aromatic nitrogens is 2. The Balaban J connectivity index is 2.44. The molecule has 0 aliphatic carbocycles. The van der Waals surface area contributed by atoms with Gasteiger partial charge in [-0.15, -0.1) is 11.3 Å². The molecule has 2 aromatic heterocycles. The number of nitrogens with one attached hydrogen (secondary N) is 2. The van der Waals surface area contributed by atoms with Gasteiger partial charge in [-0.3, -0.25) is 14.2 Å². The number of amides is 1. The van der Waals surface area contributed by atoms with E-state index in [2.05, 4.69) is 10.3 Å². The van der Waals surface area contributed by atoms with E-state index >= 15 is 0 Å². The Hall–Kier alpha value is -1.47. The van der Waals surface area contributed by atoms with E-state index in [1.165, 1.54) is 15.9 Å². The van der Waals surface area contributed by atoms with Crippen LogP contribution >= 0.6 is 23.6 Å². The molecule has 2 rings (SSSR count). The van der Waals surface area contributed by atoms with E-state index in [4.69, 9.17) is 12.2 Å². The molecule has 20 heavy (non-hydrogen) atoms. The number of carbonyl (C=O) groups excluding carboxylic acids is 1. The molecule has 2 N–H and O–H groups in total. The molecule has 0 aliphatic heterocycles. The summed E-state index contributed by atoms with van der Waals surface area (Å²) in [6.07, 6.45) is 0.249. The third kappa shape index (κ3) is 2.69. The van der Waals surface area contributed by atoms with Crippen LogP contribution in [0.2, 0.25) is 0 Å². The van der Waals surface area contributed by atoms with Crippen molar-refractivity contribution in [1.82, 2.24) is 14.9 Å². The van der Waals surface area contributed by atoms with Crippen molar-refractivity contribution in [2.75, 3.05) is 6.54 Å². The molecule has 0 saturated carbocycles. The molecule has 0 aromatic carbocycles. The smallest absolute Gasteiger partial charge is 0.263 e. The summed E-state index contributed by atoms with van der Waals surface area (Å²) in [4.78, 5) is 29.0. The first-order chi connectivity index (χ1) is 9.45. The van der Waals surface area contributed by atoms with E-state index in [9.17, 15) is 9.59 Å². The maximum Gasteiger partial charge on any atom is 0.263 e. The zero-order valence-corrected chi connectivity index (χ0v) is 13.3. The lowest BCUT2D eigenvalue weighted by molar-refractivity contribution is -0.121. The van der Waals surface area contributed by atoms with Gasteiger partial charge in [0.25, 0.3) is 5.56 Å². The maximum atomic E-state index is 12.5. The van der Waals surface area contributed by atoms with Crippen LogP contribution in [0.4, 0.5) is 0 Å². The first-order valence-corrected chi connectivity index (χ1v) is 7.67. The minimum absolute atomic E-state index is 0.0767. The Bertz CT molecular complexity index is 770. The van der Waals surface area contributed by atoms with Crippen LogP contribution in [0.25, 0.3) is 10.2 Å². The average Bonchev–Trinajstić information content (AvgIpc) is 2.65. The molecule has 5 nitrogen and oxygen atoms in total. The lowest BCUT2D eigenvalue weighted by atomic mass is 10.2. The number of nitrogens with zero attached hydrogens (tertiary/aromatic N) is 1. The molecule has 0 atom stereocenters. The Morgan fingerprint density at radius 3 is 2.80 bits per heavy atom. The molecule has 0 fully saturated rings. The Kier molecular flexibility index (Phi) is 4.39. The van der Waals surface area contributed by atoms with Crippen molar-refractivity contribution in [2.24, 2.45) is 0 Å². The second kappa shape index (κ2) is 5.88. The van der Waals surface area contributed by atoms with Gasteiger partial charge in [-0.2, -0.15) is 0 Å². The van der Waals surface area contributed by atoms with Gasteiger partial charge in [-0.25, -0.2) is 0 Å². The van der Waals surface area contributed by atoms with Gasteiger partial charge in [-0.05, 0) is 38.6 Å². The van der Waals surface area contributed by atoms with E-state index in [1.54, 1.807) is 0 Å². The lowest BCUT2D eigenvalue weighted by Crippen LogP contribution is -2.28. The quantitative estimate of drug-likeness (QED) is 0.851. The normalized spacial score (nSPS) is 10.9. The monoisotopic (exact) mass is 311 g/mol. The first kappa shape index (κ1) is 14.9. The minimum Gasteiger partial charge on any atom is -0.356 e. The predicted molar refractivity (Wildman–Crippen MR) is 84.0 cm³/mol. The number of fused-ring (bicyclic) bond motifs is 1. The highest BCUT2D eigenvalue weighted by atomic mass is 32.1. The molecule has 2 aromatic rings. The SMILES string of the molecule is CCNC(=O)CCn1c(=S)[nH]c2sc(C)c(C)c2c1=O. The zero-order valence-electron chi connectivity index (χ0n) is 11.7. The summed E-state index contributed by atoms with van der Waals surface area (Å²) >= 11 is 6.75. The van der Waals surface area contributed by atoms with Crippen LogP contribution < -0.4 is 10.9 Å². The number of aromatic amines is 1. The first-order valence-electron chi connectivity index (χ1n) is 6.45. The largest absolute Gasteiger partial charge is 0.356 e. The molecule has 1 amide bonds. The summed E-state index contributed by atoms with van der Waals surface area (Å²) in [6, 6.07) is 0. The number of hydrogen-bond donors (Lipinski definition) is 2. The van der Waals surface area contributed by atoms with E-state index in [0.29, 0.717) is 23.2 Å². The van der Waals surface area contributed by atoms with Gasteiger partial charge in [0.15, 0.2) is 4.77 Å². The van der Waals surface area contributed by atoms with Crippen molar-refractivity contribution in [1.29, 1.82) is 0 Å².